The minimum absolute atomic E-state index is 0.114. The summed E-state index contributed by atoms with van der Waals surface area (Å²) >= 11 is 0. The van der Waals surface area contributed by atoms with Crippen LogP contribution in [-0.2, 0) is 4.79 Å². The molecule has 0 atom stereocenters. The Kier molecular flexibility index (Phi) is 11.8. The van der Waals surface area contributed by atoms with Crippen molar-refractivity contribution >= 4 is 5.91 Å². The van der Waals surface area contributed by atoms with E-state index in [4.69, 9.17) is 0 Å². The van der Waals surface area contributed by atoms with Crippen molar-refractivity contribution in [3.05, 3.63) is 0 Å². The lowest BCUT2D eigenvalue weighted by Crippen LogP contribution is -2.28. The highest BCUT2D eigenvalue weighted by Gasteiger charge is 2.08. The minimum atomic E-state index is 0.114. The average molecular weight is 298 g/mol. The second kappa shape index (κ2) is 12.1. The second-order valence-electron chi connectivity index (χ2n) is 7.94. The van der Waals surface area contributed by atoms with Crippen molar-refractivity contribution in [1.82, 2.24) is 5.32 Å². The Hall–Kier alpha value is -0.530. The van der Waals surface area contributed by atoms with Gasteiger partial charge in [-0.25, -0.2) is 0 Å². The maximum absolute atomic E-state index is 11.4. The van der Waals surface area contributed by atoms with Gasteiger partial charge in [0.15, 0.2) is 0 Å². The fourth-order valence-corrected chi connectivity index (χ4v) is 2.43. The molecule has 0 fully saturated rings. The van der Waals surface area contributed by atoms with Crippen LogP contribution in [0.1, 0.15) is 98.8 Å². The molecule has 0 spiro atoms. The topological polar surface area (TPSA) is 29.1 Å². The van der Waals surface area contributed by atoms with Gasteiger partial charge in [-0.05, 0) is 18.3 Å². The van der Waals surface area contributed by atoms with Gasteiger partial charge < -0.3 is 5.32 Å². The van der Waals surface area contributed by atoms with Crippen LogP contribution in [0, 0.1) is 11.3 Å². The lowest BCUT2D eigenvalue weighted by molar-refractivity contribution is -0.123. The molecular formula is C19H39NO. The highest BCUT2D eigenvalue weighted by Crippen LogP contribution is 2.22. The molecule has 0 aromatic rings. The first-order valence-electron chi connectivity index (χ1n) is 9.10. The quantitative estimate of drug-likeness (QED) is 0.460. The van der Waals surface area contributed by atoms with Gasteiger partial charge in [0.05, 0.1) is 0 Å². The Morgan fingerprint density at radius 1 is 0.810 bits per heavy atom. The fourth-order valence-electron chi connectivity index (χ4n) is 2.43. The summed E-state index contributed by atoms with van der Waals surface area (Å²) in [7, 11) is 0. The van der Waals surface area contributed by atoms with Crippen LogP contribution in [0.25, 0.3) is 0 Å². The van der Waals surface area contributed by atoms with Crippen LogP contribution >= 0.6 is 0 Å². The standard InChI is InChI=1S/C19H39NO/c1-17(2)18(21)20-16-14-12-10-8-6-7-9-11-13-15-19(3,4)5/h17H,6-16H2,1-5H3,(H,20,21). The molecule has 0 bridgehead atoms. The van der Waals surface area contributed by atoms with Crippen LogP contribution in [0.2, 0.25) is 0 Å². The summed E-state index contributed by atoms with van der Waals surface area (Å²) in [6.07, 6.45) is 13.4. The summed E-state index contributed by atoms with van der Waals surface area (Å²) in [6.45, 7) is 11.7. The van der Waals surface area contributed by atoms with Crippen molar-refractivity contribution in [3.63, 3.8) is 0 Å². The van der Waals surface area contributed by atoms with Gasteiger partial charge in [-0.3, -0.25) is 4.79 Å². The van der Waals surface area contributed by atoms with E-state index in [1.807, 2.05) is 13.8 Å². The summed E-state index contributed by atoms with van der Waals surface area (Å²) in [6, 6.07) is 0. The maximum atomic E-state index is 11.4. The molecule has 0 aromatic carbocycles. The highest BCUT2D eigenvalue weighted by molar-refractivity contribution is 5.77. The van der Waals surface area contributed by atoms with Crippen molar-refractivity contribution in [2.24, 2.45) is 11.3 Å². The van der Waals surface area contributed by atoms with E-state index < -0.39 is 0 Å². The Balaban J connectivity index is 3.14. The van der Waals surface area contributed by atoms with Crippen molar-refractivity contribution in [2.45, 2.75) is 98.8 Å². The SMILES string of the molecule is CC(C)C(=O)NCCCCCCCCCCCC(C)(C)C. The Morgan fingerprint density at radius 3 is 1.67 bits per heavy atom. The summed E-state index contributed by atoms with van der Waals surface area (Å²) in [5, 5.41) is 2.98. The van der Waals surface area contributed by atoms with Gasteiger partial charge in [0.25, 0.3) is 0 Å². The van der Waals surface area contributed by atoms with E-state index in [1.165, 1.54) is 57.8 Å². The zero-order valence-corrected chi connectivity index (χ0v) is 15.3. The van der Waals surface area contributed by atoms with Crippen LogP contribution in [0.4, 0.5) is 0 Å². The zero-order chi connectivity index (χ0) is 16.1. The lowest BCUT2D eigenvalue weighted by Gasteiger charge is -2.17. The molecule has 0 unspecified atom stereocenters. The molecule has 0 heterocycles. The molecule has 126 valence electrons. The molecule has 2 nitrogen and oxygen atoms in total. The molecule has 1 N–H and O–H groups in total. The second-order valence-corrected chi connectivity index (χ2v) is 7.94. The van der Waals surface area contributed by atoms with E-state index in [1.54, 1.807) is 0 Å². The highest BCUT2D eigenvalue weighted by atomic mass is 16.1. The third-order valence-corrected chi connectivity index (χ3v) is 3.93. The minimum Gasteiger partial charge on any atom is -0.356 e. The number of nitrogens with one attached hydrogen (secondary N) is 1. The number of amides is 1. The summed E-state index contributed by atoms with van der Waals surface area (Å²) in [5.74, 6) is 0.300. The first-order valence-corrected chi connectivity index (χ1v) is 9.10. The first kappa shape index (κ1) is 20.5. The van der Waals surface area contributed by atoms with Crippen LogP contribution in [0.5, 0.6) is 0 Å². The summed E-state index contributed by atoms with van der Waals surface area (Å²) in [4.78, 5) is 11.4. The van der Waals surface area contributed by atoms with Crippen LogP contribution < -0.4 is 5.32 Å². The molecular weight excluding hydrogens is 258 g/mol. The van der Waals surface area contributed by atoms with Gasteiger partial charge in [0, 0.05) is 12.5 Å². The van der Waals surface area contributed by atoms with Gasteiger partial charge in [-0.15, -0.1) is 0 Å². The number of hydrogen-bond donors (Lipinski definition) is 1. The molecule has 0 radical (unpaired) electrons. The Bertz CT molecular complexity index is 253. The van der Waals surface area contributed by atoms with E-state index in [0.717, 1.165) is 13.0 Å². The number of hydrogen-bond acceptors (Lipinski definition) is 1. The lowest BCUT2D eigenvalue weighted by atomic mass is 9.89. The predicted molar refractivity (Wildman–Crippen MR) is 93.5 cm³/mol. The molecule has 2 heteroatoms. The van der Waals surface area contributed by atoms with Crippen LogP contribution in [-0.4, -0.2) is 12.5 Å². The van der Waals surface area contributed by atoms with Gasteiger partial charge in [-0.1, -0.05) is 86.0 Å². The van der Waals surface area contributed by atoms with E-state index in [9.17, 15) is 4.79 Å². The molecule has 0 aliphatic carbocycles. The third-order valence-electron chi connectivity index (χ3n) is 3.93. The maximum Gasteiger partial charge on any atom is 0.222 e. The molecule has 0 aliphatic rings. The van der Waals surface area contributed by atoms with Gasteiger partial charge in [0.1, 0.15) is 0 Å². The van der Waals surface area contributed by atoms with Gasteiger partial charge in [0.2, 0.25) is 5.91 Å². The van der Waals surface area contributed by atoms with Gasteiger partial charge in [-0.2, -0.15) is 0 Å². The first-order chi connectivity index (χ1) is 9.83. The van der Waals surface area contributed by atoms with Crippen molar-refractivity contribution in [1.29, 1.82) is 0 Å². The number of carbonyl (C=O) groups is 1. The van der Waals surface area contributed by atoms with E-state index in [2.05, 4.69) is 26.1 Å². The predicted octanol–water partition coefficient (Wildman–Crippen LogP) is 5.71. The molecule has 0 saturated carbocycles. The van der Waals surface area contributed by atoms with Crippen molar-refractivity contribution in [3.8, 4) is 0 Å². The van der Waals surface area contributed by atoms with Crippen molar-refractivity contribution < 1.29 is 4.79 Å². The smallest absolute Gasteiger partial charge is 0.222 e. The van der Waals surface area contributed by atoms with Gasteiger partial charge >= 0.3 is 0 Å². The van der Waals surface area contributed by atoms with E-state index >= 15 is 0 Å². The third kappa shape index (κ3) is 15.7. The number of rotatable bonds is 12. The van der Waals surface area contributed by atoms with E-state index in [-0.39, 0.29) is 11.8 Å². The van der Waals surface area contributed by atoms with Crippen LogP contribution in [0.3, 0.4) is 0 Å². The van der Waals surface area contributed by atoms with E-state index in [0.29, 0.717) is 5.41 Å². The zero-order valence-electron chi connectivity index (χ0n) is 15.3. The number of carbonyl (C=O) groups excluding carboxylic acids is 1. The Morgan fingerprint density at radius 2 is 1.24 bits per heavy atom. The largest absolute Gasteiger partial charge is 0.356 e. The molecule has 0 rings (SSSR count). The normalized spacial score (nSPS) is 11.9. The number of unbranched alkanes of at least 4 members (excludes halogenated alkanes) is 8. The molecule has 1 amide bonds. The van der Waals surface area contributed by atoms with Crippen molar-refractivity contribution in [2.75, 3.05) is 6.54 Å². The fraction of sp³-hybridized carbons (Fsp3) is 0.947. The summed E-state index contributed by atoms with van der Waals surface area (Å²) in [5.41, 5.74) is 0.505. The van der Waals surface area contributed by atoms with Crippen LogP contribution in [0.15, 0.2) is 0 Å². The average Bonchev–Trinajstić information content (AvgIpc) is 2.38. The summed E-state index contributed by atoms with van der Waals surface area (Å²) < 4.78 is 0. The monoisotopic (exact) mass is 297 g/mol. The molecule has 0 aromatic heterocycles. The Labute approximate surface area is 133 Å². The molecule has 0 saturated heterocycles. The molecule has 21 heavy (non-hydrogen) atoms. The molecule has 0 aliphatic heterocycles.